The third-order valence-electron chi connectivity index (χ3n) is 3.67. The van der Waals surface area contributed by atoms with Gasteiger partial charge in [0.05, 0.1) is 17.7 Å². The Morgan fingerprint density at radius 3 is 2.86 bits per heavy atom. The third-order valence-corrected chi connectivity index (χ3v) is 5.68. The van der Waals surface area contributed by atoms with Crippen LogP contribution in [0.1, 0.15) is 42.7 Å². The number of nitrogens with one attached hydrogen (secondary N) is 1. The molecule has 150 valence electrons. The van der Waals surface area contributed by atoms with Crippen LogP contribution in [-0.4, -0.2) is 39.3 Å². The summed E-state index contributed by atoms with van der Waals surface area (Å²) in [6, 6.07) is 0. The Morgan fingerprint density at radius 2 is 2.14 bits per heavy atom. The van der Waals surface area contributed by atoms with Crippen LogP contribution in [0.15, 0.2) is 8.76 Å². The van der Waals surface area contributed by atoms with E-state index in [9.17, 15) is 4.79 Å². The van der Waals surface area contributed by atoms with Crippen molar-refractivity contribution >= 4 is 51.1 Å². The Kier molecular flexibility index (Phi) is 6.35. The van der Waals surface area contributed by atoms with Crippen LogP contribution in [0.4, 0.5) is 10.9 Å². The Hall–Kier alpha value is -2.40. The molecule has 0 radical (unpaired) electrons. The van der Waals surface area contributed by atoms with Crippen molar-refractivity contribution in [2.75, 3.05) is 24.2 Å². The third kappa shape index (κ3) is 4.53. The Bertz CT molecular complexity index is 985. The van der Waals surface area contributed by atoms with Crippen molar-refractivity contribution in [1.82, 2.24) is 20.2 Å². The normalized spacial score (nSPS) is 11.3. The fourth-order valence-electron chi connectivity index (χ4n) is 2.45. The Balaban J connectivity index is 1.75. The molecule has 9 nitrogen and oxygen atoms in total. The van der Waals surface area contributed by atoms with Gasteiger partial charge in [-0.1, -0.05) is 36.9 Å². The largest absolute Gasteiger partial charge is 0.462 e. The number of esters is 1. The number of fused-ring (bicyclic) bond motifs is 1. The number of aromatic nitrogens is 4. The second-order valence-electron chi connectivity index (χ2n) is 6.40. The first kappa shape index (κ1) is 20.3. The molecule has 0 saturated carbocycles. The summed E-state index contributed by atoms with van der Waals surface area (Å²) in [4.78, 5) is 20.9. The van der Waals surface area contributed by atoms with E-state index in [-0.39, 0.29) is 23.7 Å². The summed E-state index contributed by atoms with van der Waals surface area (Å²) in [5.41, 5.74) is 6.64. The van der Waals surface area contributed by atoms with E-state index >= 15 is 0 Å². The van der Waals surface area contributed by atoms with Crippen molar-refractivity contribution in [2.45, 2.75) is 37.8 Å². The van der Waals surface area contributed by atoms with Crippen LogP contribution in [0.3, 0.4) is 0 Å². The summed E-state index contributed by atoms with van der Waals surface area (Å²) in [5, 5.41) is 12.7. The van der Waals surface area contributed by atoms with Gasteiger partial charge in [0.15, 0.2) is 4.34 Å². The van der Waals surface area contributed by atoms with Crippen LogP contribution in [0.5, 0.6) is 0 Å². The van der Waals surface area contributed by atoms with E-state index < -0.39 is 5.97 Å². The lowest BCUT2D eigenvalue weighted by Gasteiger charge is -2.03. The van der Waals surface area contributed by atoms with Crippen molar-refractivity contribution in [3.63, 3.8) is 0 Å². The van der Waals surface area contributed by atoms with E-state index in [1.165, 1.54) is 23.1 Å². The number of furan rings is 1. The molecule has 0 unspecified atom stereocenters. The lowest BCUT2D eigenvalue weighted by atomic mass is 10.2. The molecular formula is C17H22N6O3S2. The second-order valence-corrected chi connectivity index (χ2v) is 8.60. The van der Waals surface area contributed by atoms with E-state index in [1.54, 1.807) is 13.8 Å². The molecule has 0 aliphatic rings. The standard InChI is InChI=1S/C17H22N6O3S2/c1-5-25-15(24)11-9(4)26-14-12(11)13(18)20-10(21-14)7-27-17-23-22-16(28-17)19-6-8(2)3/h8H,5-7H2,1-4H3,(H,19,22)(H2,18,20,21). The Morgan fingerprint density at radius 1 is 1.36 bits per heavy atom. The van der Waals surface area contributed by atoms with Gasteiger partial charge in [-0.15, -0.1) is 10.2 Å². The van der Waals surface area contributed by atoms with E-state index in [1.807, 2.05) is 0 Å². The number of hydrogen-bond acceptors (Lipinski definition) is 11. The van der Waals surface area contributed by atoms with Gasteiger partial charge in [-0.05, 0) is 19.8 Å². The van der Waals surface area contributed by atoms with Crippen LogP contribution in [0.2, 0.25) is 0 Å². The number of aryl methyl sites for hydroxylation is 1. The second kappa shape index (κ2) is 8.74. The molecule has 11 heteroatoms. The first-order valence-electron chi connectivity index (χ1n) is 8.81. The first-order chi connectivity index (χ1) is 13.4. The summed E-state index contributed by atoms with van der Waals surface area (Å²) in [7, 11) is 0. The predicted molar refractivity (Wildman–Crippen MR) is 110 cm³/mol. The quantitative estimate of drug-likeness (QED) is 0.411. The summed E-state index contributed by atoms with van der Waals surface area (Å²) in [5.74, 6) is 1.58. The molecule has 3 heterocycles. The van der Waals surface area contributed by atoms with Crippen LogP contribution in [0, 0.1) is 12.8 Å². The molecule has 0 bridgehead atoms. The zero-order chi connectivity index (χ0) is 20.3. The van der Waals surface area contributed by atoms with Gasteiger partial charge in [0.1, 0.15) is 23.0 Å². The minimum Gasteiger partial charge on any atom is -0.462 e. The van der Waals surface area contributed by atoms with Crippen molar-refractivity contribution in [1.29, 1.82) is 0 Å². The monoisotopic (exact) mass is 422 g/mol. The van der Waals surface area contributed by atoms with Gasteiger partial charge in [-0.3, -0.25) is 0 Å². The highest BCUT2D eigenvalue weighted by atomic mass is 32.2. The SMILES string of the molecule is CCOC(=O)c1c(C)oc2nc(CSc3nnc(NCC(C)C)s3)nc(N)c12. The molecule has 3 rings (SSSR count). The van der Waals surface area contributed by atoms with Crippen LogP contribution in [0.25, 0.3) is 11.1 Å². The zero-order valence-electron chi connectivity index (χ0n) is 16.1. The van der Waals surface area contributed by atoms with Gasteiger partial charge in [-0.25, -0.2) is 9.78 Å². The molecule has 0 aromatic carbocycles. The topological polar surface area (TPSA) is 129 Å². The van der Waals surface area contributed by atoms with Crippen molar-refractivity contribution in [2.24, 2.45) is 5.92 Å². The average molecular weight is 423 g/mol. The number of anilines is 2. The Labute approximate surface area is 170 Å². The maximum Gasteiger partial charge on any atom is 0.342 e. The summed E-state index contributed by atoms with van der Waals surface area (Å²) < 4.78 is 11.5. The minimum atomic E-state index is -0.494. The molecule has 0 aliphatic heterocycles. The number of ether oxygens (including phenoxy) is 1. The van der Waals surface area contributed by atoms with E-state index in [4.69, 9.17) is 14.9 Å². The van der Waals surface area contributed by atoms with E-state index in [0.29, 0.717) is 28.6 Å². The number of thioether (sulfide) groups is 1. The molecule has 0 aliphatic carbocycles. The fraction of sp³-hybridized carbons (Fsp3) is 0.471. The number of nitrogens with two attached hydrogens (primary N) is 1. The summed E-state index contributed by atoms with van der Waals surface area (Å²) in [6.45, 7) is 8.78. The van der Waals surface area contributed by atoms with Crippen molar-refractivity contribution in [3.8, 4) is 0 Å². The summed E-state index contributed by atoms with van der Waals surface area (Å²) >= 11 is 2.94. The lowest BCUT2D eigenvalue weighted by Crippen LogP contribution is -2.07. The zero-order valence-corrected chi connectivity index (χ0v) is 17.7. The molecule has 3 aromatic rings. The lowest BCUT2D eigenvalue weighted by molar-refractivity contribution is 0.0526. The highest BCUT2D eigenvalue weighted by Gasteiger charge is 2.24. The highest BCUT2D eigenvalue weighted by molar-refractivity contribution is 8.00. The number of carbonyl (C=O) groups is 1. The van der Waals surface area contributed by atoms with Crippen LogP contribution >= 0.6 is 23.1 Å². The molecule has 0 amide bonds. The number of nitrogens with zero attached hydrogens (tertiary/aromatic N) is 4. The van der Waals surface area contributed by atoms with Crippen molar-refractivity contribution in [3.05, 3.63) is 17.1 Å². The van der Waals surface area contributed by atoms with Gasteiger partial charge >= 0.3 is 5.97 Å². The first-order valence-corrected chi connectivity index (χ1v) is 10.6. The molecule has 0 spiro atoms. The highest BCUT2D eigenvalue weighted by Crippen LogP contribution is 2.31. The van der Waals surface area contributed by atoms with Crippen LogP contribution < -0.4 is 11.1 Å². The van der Waals surface area contributed by atoms with Gasteiger partial charge in [0, 0.05) is 6.54 Å². The van der Waals surface area contributed by atoms with Gasteiger partial charge in [0.2, 0.25) is 10.8 Å². The maximum absolute atomic E-state index is 12.2. The number of hydrogen-bond donors (Lipinski definition) is 2. The van der Waals surface area contributed by atoms with Gasteiger partial charge in [0.25, 0.3) is 0 Å². The van der Waals surface area contributed by atoms with Gasteiger partial charge in [-0.2, -0.15) is 4.98 Å². The van der Waals surface area contributed by atoms with Gasteiger partial charge < -0.3 is 20.2 Å². The number of carbonyl (C=O) groups excluding carboxylic acids is 1. The fourth-order valence-corrected chi connectivity index (χ4v) is 4.07. The molecule has 0 atom stereocenters. The molecule has 0 saturated heterocycles. The molecule has 28 heavy (non-hydrogen) atoms. The predicted octanol–water partition coefficient (Wildman–Crippen LogP) is 3.50. The molecule has 3 aromatic heterocycles. The average Bonchev–Trinajstić information content (AvgIpc) is 3.22. The smallest absolute Gasteiger partial charge is 0.342 e. The molecule has 3 N–H and O–H groups in total. The van der Waals surface area contributed by atoms with Crippen molar-refractivity contribution < 1.29 is 13.9 Å². The molecule has 0 fully saturated rings. The number of rotatable bonds is 8. The number of nitrogen functional groups attached to an aromatic ring is 1. The van der Waals surface area contributed by atoms with E-state index in [0.717, 1.165) is 16.0 Å². The summed E-state index contributed by atoms with van der Waals surface area (Å²) in [6.07, 6.45) is 0. The van der Waals surface area contributed by atoms with E-state index in [2.05, 4.69) is 39.3 Å². The maximum atomic E-state index is 12.2. The van der Waals surface area contributed by atoms with Crippen LogP contribution in [-0.2, 0) is 10.5 Å². The molecular weight excluding hydrogens is 400 g/mol. The minimum absolute atomic E-state index is 0.192.